The lowest BCUT2D eigenvalue weighted by atomic mass is 10.0. The van der Waals surface area contributed by atoms with Gasteiger partial charge in [-0.05, 0) is 43.4 Å². The van der Waals surface area contributed by atoms with Crippen molar-refractivity contribution in [1.29, 1.82) is 0 Å². The van der Waals surface area contributed by atoms with Gasteiger partial charge in [0.2, 0.25) is 0 Å². The van der Waals surface area contributed by atoms with Crippen LogP contribution in [-0.4, -0.2) is 18.0 Å². The van der Waals surface area contributed by atoms with Crippen LogP contribution in [0.15, 0.2) is 62.6 Å². The molecule has 1 atom stereocenters. The lowest BCUT2D eigenvalue weighted by Gasteiger charge is -2.33. The normalized spacial score (nSPS) is 11.3. The molecule has 0 aromatic heterocycles. The molecule has 1 aromatic carbocycles. The minimum Gasteiger partial charge on any atom is -0.366 e. The number of rotatable bonds is 10. The summed E-state index contributed by atoms with van der Waals surface area (Å²) in [6.07, 6.45) is 5.41. The first-order valence-corrected chi connectivity index (χ1v) is 7.92. The van der Waals surface area contributed by atoms with Crippen LogP contribution < -0.4 is 10.6 Å². The van der Waals surface area contributed by atoms with Crippen molar-refractivity contribution >= 4 is 11.4 Å². The largest absolute Gasteiger partial charge is 0.366 e. The first kappa shape index (κ1) is 18.6. The predicted octanol–water partition coefficient (Wildman–Crippen LogP) is 4.87. The van der Waals surface area contributed by atoms with Gasteiger partial charge in [-0.1, -0.05) is 45.7 Å². The first-order valence-electron chi connectivity index (χ1n) is 7.92. The van der Waals surface area contributed by atoms with E-state index >= 15 is 0 Å². The summed E-state index contributed by atoms with van der Waals surface area (Å²) < 4.78 is 0. The van der Waals surface area contributed by atoms with E-state index in [-0.39, 0.29) is 6.04 Å². The standard InChI is InChI=1S/C20H29N3/c1-8-11-20(16(5)21-9-2)23(7)17(6)19-14-18(22-10-3)13-12-15(19)4/h9-10,12-14,20-22H,2-3,5-6,8,11H2,1,4,7H3. The number of nitrogens with zero attached hydrogens (tertiary/aromatic N) is 1. The second-order valence-electron chi connectivity index (χ2n) is 5.61. The Kier molecular flexibility index (Phi) is 7.20. The van der Waals surface area contributed by atoms with E-state index < -0.39 is 0 Å². The second kappa shape index (κ2) is 8.89. The number of nitrogens with one attached hydrogen (secondary N) is 2. The highest BCUT2D eigenvalue weighted by atomic mass is 15.2. The van der Waals surface area contributed by atoms with Crippen LogP contribution >= 0.6 is 0 Å². The Morgan fingerprint density at radius 2 is 1.96 bits per heavy atom. The molecule has 0 saturated heterocycles. The smallest absolute Gasteiger partial charge is 0.0682 e. The van der Waals surface area contributed by atoms with E-state index in [0.717, 1.165) is 35.5 Å². The molecular weight excluding hydrogens is 282 g/mol. The van der Waals surface area contributed by atoms with Crippen LogP contribution in [0.3, 0.4) is 0 Å². The summed E-state index contributed by atoms with van der Waals surface area (Å²) in [6.45, 7) is 20.1. The van der Waals surface area contributed by atoms with Crippen molar-refractivity contribution in [3.8, 4) is 0 Å². The van der Waals surface area contributed by atoms with Crippen molar-refractivity contribution in [3.05, 3.63) is 73.7 Å². The SMILES string of the molecule is C=CNC(=C)C(CCC)N(C)C(=C)c1cc(NC=C)ccc1C. The Bertz CT molecular complexity index is 587. The highest BCUT2D eigenvalue weighted by Gasteiger charge is 2.20. The fraction of sp³-hybridized carbons (Fsp3) is 0.300. The molecule has 1 aromatic rings. The average molecular weight is 311 g/mol. The third-order valence-electron chi connectivity index (χ3n) is 3.96. The maximum Gasteiger partial charge on any atom is 0.0682 e. The molecule has 3 nitrogen and oxygen atoms in total. The average Bonchev–Trinajstić information content (AvgIpc) is 2.53. The summed E-state index contributed by atoms with van der Waals surface area (Å²) in [5.74, 6) is 0. The topological polar surface area (TPSA) is 27.3 Å². The summed E-state index contributed by atoms with van der Waals surface area (Å²) in [5, 5.41) is 6.25. The van der Waals surface area contributed by atoms with Gasteiger partial charge in [0.15, 0.2) is 0 Å². The van der Waals surface area contributed by atoms with E-state index in [1.54, 1.807) is 12.4 Å². The molecule has 0 fully saturated rings. The molecule has 1 rings (SSSR count). The highest BCUT2D eigenvalue weighted by molar-refractivity contribution is 5.69. The summed E-state index contributed by atoms with van der Waals surface area (Å²) in [7, 11) is 2.06. The fourth-order valence-corrected chi connectivity index (χ4v) is 2.62. The van der Waals surface area contributed by atoms with Crippen molar-refractivity contribution in [1.82, 2.24) is 10.2 Å². The molecule has 23 heavy (non-hydrogen) atoms. The Labute approximate surface area is 141 Å². The molecule has 3 heteroatoms. The number of likely N-dealkylation sites (N-methyl/N-ethyl adjacent to an activating group) is 1. The molecule has 0 bridgehead atoms. The van der Waals surface area contributed by atoms with Crippen molar-refractivity contribution < 1.29 is 0 Å². The Morgan fingerprint density at radius 3 is 2.52 bits per heavy atom. The van der Waals surface area contributed by atoms with Gasteiger partial charge in [-0.15, -0.1) is 0 Å². The van der Waals surface area contributed by atoms with E-state index in [1.807, 2.05) is 6.07 Å². The van der Waals surface area contributed by atoms with Crippen LogP contribution in [0.1, 0.15) is 30.9 Å². The molecule has 2 N–H and O–H groups in total. The highest BCUT2D eigenvalue weighted by Crippen LogP contribution is 2.27. The molecule has 0 aliphatic heterocycles. The van der Waals surface area contributed by atoms with Gasteiger partial charge >= 0.3 is 0 Å². The lowest BCUT2D eigenvalue weighted by molar-refractivity contribution is 0.359. The van der Waals surface area contributed by atoms with Crippen molar-refractivity contribution in [3.63, 3.8) is 0 Å². The lowest BCUT2D eigenvalue weighted by Crippen LogP contribution is -2.35. The summed E-state index contributed by atoms with van der Waals surface area (Å²) >= 11 is 0. The van der Waals surface area contributed by atoms with Gasteiger partial charge in [0.25, 0.3) is 0 Å². The van der Waals surface area contributed by atoms with Gasteiger partial charge < -0.3 is 15.5 Å². The van der Waals surface area contributed by atoms with Gasteiger partial charge in [0, 0.05) is 29.7 Å². The predicted molar refractivity (Wildman–Crippen MR) is 103 cm³/mol. The Morgan fingerprint density at radius 1 is 1.26 bits per heavy atom. The zero-order valence-electron chi connectivity index (χ0n) is 14.7. The van der Waals surface area contributed by atoms with Crippen LogP contribution in [0.5, 0.6) is 0 Å². The van der Waals surface area contributed by atoms with Crippen LogP contribution in [0, 0.1) is 6.92 Å². The molecule has 0 amide bonds. The first-order chi connectivity index (χ1) is 11.0. The number of hydrogen-bond donors (Lipinski definition) is 2. The minimum atomic E-state index is 0.168. The monoisotopic (exact) mass is 311 g/mol. The van der Waals surface area contributed by atoms with Crippen molar-refractivity contribution in [2.75, 3.05) is 12.4 Å². The minimum absolute atomic E-state index is 0.168. The second-order valence-corrected chi connectivity index (χ2v) is 5.61. The maximum atomic E-state index is 4.31. The third-order valence-corrected chi connectivity index (χ3v) is 3.96. The molecule has 0 aliphatic carbocycles. The summed E-state index contributed by atoms with van der Waals surface area (Å²) in [4.78, 5) is 2.18. The van der Waals surface area contributed by atoms with Gasteiger partial charge in [-0.2, -0.15) is 0 Å². The molecule has 0 heterocycles. The number of benzene rings is 1. The van der Waals surface area contributed by atoms with Gasteiger partial charge in [-0.3, -0.25) is 0 Å². The summed E-state index contributed by atoms with van der Waals surface area (Å²) in [6, 6.07) is 6.39. The van der Waals surface area contributed by atoms with Crippen molar-refractivity contribution in [2.24, 2.45) is 0 Å². The molecule has 124 valence electrons. The van der Waals surface area contributed by atoms with Crippen LogP contribution in [-0.2, 0) is 0 Å². The van der Waals surface area contributed by atoms with E-state index in [1.165, 1.54) is 5.56 Å². The molecule has 0 aliphatic rings. The van der Waals surface area contributed by atoms with Crippen LogP contribution in [0.25, 0.3) is 5.70 Å². The molecule has 0 saturated carbocycles. The quantitative estimate of drug-likeness (QED) is 0.645. The molecule has 1 unspecified atom stereocenters. The van der Waals surface area contributed by atoms with Crippen LogP contribution in [0.2, 0.25) is 0 Å². The van der Waals surface area contributed by atoms with Crippen molar-refractivity contribution in [2.45, 2.75) is 32.7 Å². The molecule has 0 radical (unpaired) electrons. The van der Waals surface area contributed by atoms with E-state index in [2.05, 4.69) is 74.9 Å². The zero-order valence-corrected chi connectivity index (χ0v) is 14.7. The number of hydrogen-bond acceptors (Lipinski definition) is 3. The molecular formula is C20H29N3. The van der Waals surface area contributed by atoms with E-state index in [4.69, 9.17) is 0 Å². The maximum absolute atomic E-state index is 4.31. The number of anilines is 1. The van der Waals surface area contributed by atoms with Crippen LogP contribution in [0.4, 0.5) is 5.69 Å². The zero-order chi connectivity index (χ0) is 17.4. The fourth-order valence-electron chi connectivity index (χ4n) is 2.62. The summed E-state index contributed by atoms with van der Waals surface area (Å²) in [5.41, 5.74) is 5.22. The van der Waals surface area contributed by atoms with Gasteiger partial charge in [-0.25, -0.2) is 0 Å². The Balaban J connectivity index is 3.09. The van der Waals surface area contributed by atoms with Gasteiger partial charge in [0.05, 0.1) is 6.04 Å². The third kappa shape index (κ3) is 4.78. The van der Waals surface area contributed by atoms with E-state index in [0.29, 0.717) is 0 Å². The Hall–Kier alpha value is -2.42. The number of aryl methyl sites for hydroxylation is 1. The molecule has 0 spiro atoms. The van der Waals surface area contributed by atoms with Gasteiger partial charge in [0.1, 0.15) is 0 Å². The van der Waals surface area contributed by atoms with E-state index in [9.17, 15) is 0 Å².